The number of benzene rings is 7. The van der Waals surface area contributed by atoms with E-state index in [0.717, 1.165) is 83.3 Å². The zero-order valence-corrected chi connectivity index (χ0v) is 27.1. The third-order valence-corrected chi connectivity index (χ3v) is 9.22. The Balaban J connectivity index is 1.04. The van der Waals surface area contributed by atoms with Crippen LogP contribution in [0.15, 0.2) is 173 Å². The Bertz CT molecular complexity index is 2690. The Kier molecular flexibility index (Phi) is 6.67. The van der Waals surface area contributed by atoms with E-state index in [1.807, 2.05) is 54.6 Å². The predicted octanol–water partition coefficient (Wildman–Crippen LogP) is 11.5. The number of anilines is 3. The van der Waals surface area contributed by atoms with Crippen LogP contribution in [0, 0.1) is 0 Å². The lowest BCUT2D eigenvalue weighted by Crippen LogP contribution is -2.09. The highest BCUT2D eigenvalue weighted by molar-refractivity contribution is 5.93. The summed E-state index contributed by atoms with van der Waals surface area (Å²) in [4.78, 5) is 20.6. The fourth-order valence-electron chi connectivity index (χ4n) is 6.64. The molecule has 0 spiro atoms. The highest BCUT2D eigenvalue weighted by atomic mass is 16.4. The monoisotopic (exact) mass is 657 g/mol. The number of hydrogen-bond acceptors (Lipinski definition) is 7. The van der Waals surface area contributed by atoms with Gasteiger partial charge in [0.1, 0.15) is 11.0 Å². The first-order valence-electron chi connectivity index (χ1n) is 16.7. The van der Waals surface area contributed by atoms with Crippen molar-refractivity contribution in [3.8, 4) is 34.0 Å². The predicted molar refractivity (Wildman–Crippen MR) is 203 cm³/mol. The molecule has 0 saturated heterocycles. The lowest BCUT2D eigenvalue weighted by Gasteiger charge is -2.26. The largest absolute Gasteiger partial charge is 0.436 e. The van der Waals surface area contributed by atoms with Crippen molar-refractivity contribution in [3.05, 3.63) is 164 Å². The van der Waals surface area contributed by atoms with Crippen LogP contribution in [0.5, 0.6) is 0 Å². The summed E-state index contributed by atoms with van der Waals surface area (Å²) in [7, 11) is 0. The van der Waals surface area contributed by atoms with Crippen LogP contribution in [0.1, 0.15) is 0 Å². The maximum Gasteiger partial charge on any atom is 0.227 e. The highest BCUT2D eigenvalue weighted by Crippen LogP contribution is 2.39. The molecule has 10 aromatic rings. The van der Waals surface area contributed by atoms with Crippen LogP contribution in [0.4, 0.5) is 17.1 Å². The molecule has 0 aliphatic rings. The lowest BCUT2D eigenvalue weighted by atomic mass is 10.00. The van der Waals surface area contributed by atoms with Gasteiger partial charge in [-0.05, 0) is 125 Å². The first-order chi connectivity index (χ1) is 25.2. The summed E-state index contributed by atoms with van der Waals surface area (Å²) in [5, 5.41) is 2.28. The van der Waals surface area contributed by atoms with Crippen molar-refractivity contribution in [3.63, 3.8) is 0 Å². The molecule has 0 unspecified atom stereocenters. The first-order valence-corrected chi connectivity index (χ1v) is 16.7. The molecular weight excluding hydrogens is 631 g/mol. The fourth-order valence-corrected chi connectivity index (χ4v) is 6.64. The number of fused-ring (bicyclic) bond motifs is 4. The van der Waals surface area contributed by atoms with E-state index in [0.29, 0.717) is 11.8 Å². The van der Waals surface area contributed by atoms with Crippen LogP contribution < -0.4 is 4.90 Å². The summed E-state index contributed by atoms with van der Waals surface area (Å²) in [5.74, 6) is 1.19. The molecule has 0 atom stereocenters. The Morgan fingerprint density at radius 1 is 0.373 bits per heavy atom. The Morgan fingerprint density at radius 3 is 1.49 bits per heavy atom. The minimum absolute atomic E-state index is 0.594. The van der Waals surface area contributed by atoms with E-state index in [2.05, 4.69) is 112 Å². The van der Waals surface area contributed by atoms with E-state index in [4.69, 9.17) is 18.8 Å². The van der Waals surface area contributed by atoms with Gasteiger partial charge in [-0.1, -0.05) is 48.5 Å². The van der Waals surface area contributed by atoms with Gasteiger partial charge in [0, 0.05) is 40.6 Å². The molecule has 0 bridgehead atoms. The van der Waals surface area contributed by atoms with Gasteiger partial charge in [0.15, 0.2) is 11.2 Å². The van der Waals surface area contributed by atoms with E-state index >= 15 is 0 Å². The van der Waals surface area contributed by atoms with Crippen molar-refractivity contribution in [2.75, 3.05) is 4.90 Å². The van der Waals surface area contributed by atoms with Gasteiger partial charge < -0.3 is 13.7 Å². The normalized spacial score (nSPS) is 11.5. The molecule has 3 heterocycles. The lowest BCUT2D eigenvalue weighted by molar-refractivity contribution is 0.619. The van der Waals surface area contributed by atoms with Crippen molar-refractivity contribution in [1.29, 1.82) is 0 Å². The van der Waals surface area contributed by atoms with Gasteiger partial charge in [0.05, 0.1) is 11.0 Å². The van der Waals surface area contributed by atoms with Crippen LogP contribution in [0.3, 0.4) is 0 Å². The second-order valence-corrected chi connectivity index (χ2v) is 12.4. The Morgan fingerprint density at radius 2 is 0.863 bits per heavy atom. The van der Waals surface area contributed by atoms with E-state index < -0.39 is 0 Å². The van der Waals surface area contributed by atoms with Gasteiger partial charge in [-0.2, -0.15) is 0 Å². The quantitative estimate of drug-likeness (QED) is 0.176. The number of oxazole rings is 2. The van der Waals surface area contributed by atoms with E-state index in [-0.39, 0.29) is 0 Å². The molecule has 0 aliphatic heterocycles. The molecule has 0 aliphatic carbocycles. The summed E-state index contributed by atoms with van der Waals surface area (Å²) in [6.07, 6.45) is 3.45. The SMILES string of the molecule is c1ccc2oc(-c3ccc(N(c4ccc(-c5nc6ccccc6o5)cc4)c4ccc5cc(-c6ccc7nccnc7c6)ccc5c4)cc3)nc2c1. The molecular formula is C44H27N5O2. The summed E-state index contributed by atoms with van der Waals surface area (Å²) in [6, 6.07) is 51.7. The zero-order chi connectivity index (χ0) is 33.7. The molecule has 51 heavy (non-hydrogen) atoms. The van der Waals surface area contributed by atoms with Crippen LogP contribution in [-0.2, 0) is 0 Å². The minimum atomic E-state index is 0.594. The maximum atomic E-state index is 6.07. The van der Waals surface area contributed by atoms with Crippen molar-refractivity contribution >= 4 is 61.1 Å². The van der Waals surface area contributed by atoms with Gasteiger partial charge in [0.2, 0.25) is 11.8 Å². The Hall–Kier alpha value is -7.12. The summed E-state index contributed by atoms with van der Waals surface area (Å²) < 4.78 is 12.1. The highest BCUT2D eigenvalue weighted by Gasteiger charge is 2.17. The molecule has 7 nitrogen and oxygen atoms in total. The summed E-state index contributed by atoms with van der Waals surface area (Å²) in [6.45, 7) is 0. The van der Waals surface area contributed by atoms with Gasteiger partial charge in [-0.25, -0.2) is 9.97 Å². The number of hydrogen-bond donors (Lipinski definition) is 0. The maximum absolute atomic E-state index is 6.07. The van der Waals surface area contributed by atoms with Crippen molar-refractivity contribution in [2.24, 2.45) is 0 Å². The van der Waals surface area contributed by atoms with Crippen LogP contribution in [-0.4, -0.2) is 19.9 Å². The van der Waals surface area contributed by atoms with Crippen molar-refractivity contribution < 1.29 is 8.83 Å². The first kappa shape index (κ1) is 28.9. The molecule has 7 heteroatoms. The average molecular weight is 658 g/mol. The van der Waals surface area contributed by atoms with Crippen molar-refractivity contribution in [1.82, 2.24) is 19.9 Å². The molecule has 0 N–H and O–H groups in total. The number of aromatic nitrogens is 4. The Labute approximate surface area is 292 Å². The van der Waals surface area contributed by atoms with Gasteiger partial charge in [-0.15, -0.1) is 0 Å². The fraction of sp³-hybridized carbons (Fsp3) is 0. The topological polar surface area (TPSA) is 81.1 Å². The minimum Gasteiger partial charge on any atom is -0.436 e. The summed E-state index contributed by atoms with van der Waals surface area (Å²) >= 11 is 0. The standard InChI is InChI=1S/C44H27N5O2/c1-3-7-41-38(5-1)47-43(50-41)28-11-17-34(18-12-28)49(35-19-13-29(14-20-35)44-48-39-6-2-4-8-42(39)51-44)36-21-15-31-25-30(9-10-32(31)26-36)33-16-22-37-40(27-33)46-24-23-45-37/h1-27H. The molecule has 0 amide bonds. The van der Waals surface area contributed by atoms with E-state index in [1.54, 1.807) is 12.4 Å². The third-order valence-electron chi connectivity index (χ3n) is 9.22. The van der Waals surface area contributed by atoms with Crippen LogP contribution in [0.25, 0.3) is 78.0 Å². The smallest absolute Gasteiger partial charge is 0.227 e. The molecule has 240 valence electrons. The number of rotatable bonds is 6. The molecule has 10 rings (SSSR count). The summed E-state index contributed by atoms with van der Waals surface area (Å²) in [5.41, 5.74) is 12.1. The average Bonchev–Trinajstić information content (AvgIpc) is 3.83. The van der Waals surface area contributed by atoms with E-state index in [1.165, 1.54) is 0 Å². The molecule has 0 fully saturated rings. The van der Waals surface area contributed by atoms with Gasteiger partial charge in [-0.3, -0.25) is 9.97 Å². The molecule has 3 aromatic heterocycles. The molecule has 0 radical (unpaired) electrons. The van der Waals surface area contributed by atoms with Gasteiger partial charge in [0.25, 0.3) is 0 Å². The molecule has 7 aromatic carbocycles. The zero-order valence-electron chi connectivity index (χ0n) is 27.1. The van der Waals surface area contributed by atoms with Gasteiger partial charge >= 0.3 is 0 Å². The second-order valence-electron chi connectivity index (χ2n) is 12.4. The second kappa shape index (κ2) is 11.8. The van der Waals surface area contributed by atoms with Crippen LogP contribution in [0.2, 0.25) is 0 Å². The van der Waals surface area contributed by atoms with Crippen molar-refractivity contribution in [2.45, 2.75) is 0 Å². The third kappa shape index (κ3) is 5.25. The molecule has 0 saturated carbocycles. The van der Waals surface area contributed by atoms with Crippen LogP contribution >= 0.6 is 0 Å². The van der Waals surface area contributed by atoms with E-state index in [9.17, 15) is 0 Å². The number of nitrogens with zero attached hydrogens (tertiary/aromatic N) is 5. The number of para-hydroxylation sites is 4.